The normalized spacial score (nSPS) is 13.4. The molecule has 2 aromatic rings. The fourth-order valence-corrected chi connectivity index (χ4v) is 4.69. The van der Waals surface area contributed by atoms with E-state index in [1.54, 1.807) is 6.92 Å². The zero-order valence-corrected chi connectivity index (χ0v) is 15.2. The number of fused-ring (bicyclic) bond motifs is 3. The molecule has 1 aromatic heterocycles. The van der Waals surface area contributed by atoms with Crippen LogP contribution in [-0.2, 0) is 22.4 Å². The summed E-state index contributed by atoms with van der Waals surface area (Å²) >= 11 is 1.35. The molecule has 0 saturated heterocycles. The average Bonchev–Trinajstić information content (AvgIpc) is 2.92. The summed E-state index contributed by atoms with van der Waals surface area (Å²) in [7, 11) is 0. The van der Waals surface area contributed by atoms with Crippen LogP contribution in [-0.4, -0.2) is 22.9 Å². The average molecular weight is 372 g/mol. The van der Waals surface area contributed by atoms with Crippen molar-refractivity contribution < 1.29 is 19.5 Å². The molecule has 0 saturated carbocycles. The van der Waals surface area contributed by atoms with E-state index in [0.717, 1.165) is 22.4 Å². The molecule has 0 aliphatic heterocycles. The first-order valence-corrected chi connectivity index (χ1v) is 9.23. The number of primary amides is 1. The van der Waals surface area contributed by atoms with Gasteiger partial charge in [0, 0.05) is 17.7 Å². The topological polar surface area (TPSA) is 109 Å². The second-order valence-corrected chi connectivity index (χ2v) is 7.61. The molecule has 0 unspecified atom stereocenters. The molecule has 2 amide bonds. The molecule has 1 aliphatic carbocycles. The highest BCUT2D eigenvalue weighted by Gasteiger charge is 2.28. The van der Waals surface area contributed by atoms with Crippen molar-refractivity contribution in [3.63, 3.8) is 0 Å². The molecule has 1 atom stereocenters. The fraction of sp³-hybridized carbons (Fsp3) is 0.316. The zero-order chi connectivity index (χ0) is 18.8. The number of anilines is 1. The van der Waals surface area contributed by atoms with E-state index in [2.05, 4.69) is 11.4 Å². The summed E-state index contributed by atoms with van der Waals surface area (Å²) in [5, 5.41) is 12.0. The van der Waals surface area contributed by atoms with Gasteiger partial charge in [0.15, 0.2) is 0 Å². The third-order valence-electron chi connectivity index (χ3n) is 4.47. The van der Waals surface area contributed by atoms with Gasteiger partial charge in [-0.05, 0) is 35.4 Å². The maximum atomic E-state index is 12.3. The van der Waals surface area contributed by atoms with E-state index < -0.39 is 11.9 Å². The van der Waals surface area contributed by atoms with Crippen LogP contribution in [0.2, 0.25) is 0 Å². The molecule has 4 N–H and O–H groups in total. The first kappa shape index (κ1) is 18.1. The van der Waals surface area contributed by atoms with Crippen molar-refractivity contribution in [1.29, 1.82) is 0 Å². The van der Waals surface area contributed by atoms with Gasteiger partial charge in [-0.1, -0.05) is 31.2 Å². The zero-order valence-electron chi connectivity index (χ0n) is 14.4. The largest absolute Gasteiger partial charge is 0.481 e. The van der Waals surface area contributed by atoms with Crippen LogP contribution >= 0.6 is 11.3 Å². The quantitative estimate of drug-likeness (QED) is 0.724. The number of rotatable bonds is 6. The van der Waals surface area contributed by atoms with Crippen LogP contribution in [0.3, 0.4) is 0 Å². The van der Waals surface area contributed by atoms with Crippen molar-refractivity contribution in [3.8, 4) is 10.4 Å². The maximum Gasteiger partial charge on any atom is 0.303 e. The van der Waals surface area contributed by atoms with Gasteiger partial charge in [-0.3, -0.25) is 14.4 Å². The molecule has 0 spiro atoms. The van der Waals surface area contributed by atoms with Crippen LogP contribution in [0.1, 0.15) is 41.3 Å². The lowest BCUT2D eigenvalue weighted by molar-refractivity contribution is -0.138. The van der Waals surface area contributed by atoms with E-state index in [1.807, 2.05) is 18.2 Å². The SMILES string of the molecule is C[C@@H](CC(=O)O)CC(=O)Nc1sc2c(c1C(N)=O)CCc1ccccc1-2. The highest BCUT2D eigenvalue weighted by atomic mass is 32.1. The van der Waals surface area contributed by atoms with E-state index >= 15 is 0 Å². The summed E-state index contributed by atoms with van der Waals surface area (Å²) in [6.07, 6.45) is 1.52. The van der Waals surface area contributed by atoms with Crippen LogP contribution in [0.25, 0.3) is 10.4 Å². The summed E-state index contributed by atoms with van der Waals surface area (Å²) < 4.78 is 0. The molecule has 26 heavy (non-hydrogen) atoms. The number of aryl methyl sites for hydroxylation is 1. The number of nitrogens with two attached hydrogens (primary N) is 1. The number of carbonyl (C=O) groups excluding carboxylic acids is 2. The minimum atomic E-state index is -0.939. The molecule has 3 rings (SSSR count). The smallest absolute Gasteiger partial charge is 0.303 e. The predicted molar refractivity (Wildman–Crippen MR) is 100 cm³/mol. The van der Waals surface area contributed by atoms with Gasteiger partial charge in [0.2, 0.25) is 5.91 Å². The molecule has 1 heterocycles. The summed E-state index contributed by atoms with van der Waals surface area (Å²) in [4.78, 5) is 36.0. The highest BCUT2D eigenvalue weighted by molar-refractivity contribution is 7.20. The number of carbonyl (C=O) groups is 3. The lowest BCUT2D eigenvalue weighted by Crippen LogP contribution is -2.20. The van der Waals surface area contributed by atoms with Crippen LogP contribution < -0.4 is 11.1 Å². The minimum absolute atomic E-state index is 0.0731. The Labute approximate surface area is 155 Å². The molecule has 1 aromatic carbocycles. The molecular formula is C19H20N2O4S. The molecule has 0 bridgehead atoms. The number of hydrogen-bond acceptors (Lipinski definition) is 4. The molecule has 0 fully saturated rings. The number of benzene rings is 1. The second kappa shape index (κ2) is 7.29. The third-order valence-corrected chi connectivity index (χ3v) is 5.65. The van der Waals surface area contributed by atoms with E-state index in [0.29, 0.717) is 17.0 Å². The van der Waals surface area contributed by atoms with Crippen LogP contribution in [0.5, 0.6) is 0 Å². The van der Waals surface area contributed by atoms with Crippen molar-refractivity contribution in [3.05, 3.63) is 41.0 Å². The number of aliphatic carboxylic acids is 1. The lowest BCUT2D eigenvalue weighted by atomic mass is 9.89. The number of amides is 2. The summed E-state index contributed by atoms with van der Waals surface area (Å²) in [6, 6.07) is 8.01. The Bertz CT molecular complexity index is 888. The van der Waals surface area contributed by atoms with Crippen molar-refractivity contribution >= 4 is 34.1 Å². The number of carboxylic acid groups (broad SMARTS) is 1. The van der Waals surface area contributed by atoms with Gasteiger partial charge in [-0.15, -0.1) is 11.3 Å². The van der Waals surface area contributed by atoms with Gasteiger partial charge in [-0.2, -0.15) is 0 Å². The Morgan fingerprint density at radius 1 is 1.23 bits per heavy atom. The molecule has 6 nitrogen and oxygen atoms in total. The monoisotopic (exact) mass is 372 g/mol. The Morgan fingerprint density at radius 2 is 1.96 bits per heavy atom. The summed E-state index contributed by atoms with van der Waals surface area (Å²) in [5.41, 5.74) is 9.13. The molecule has 0 radical (unpaired) electrons. The number of carboxylic acids is 1. The van der Waals surface area contributed by atoms with Crippen LogP contribution in [0.15, 0.2) is 24.3 Å². The van der Waals surface area contributed by atoms with Crippen molar-refractivity contribution in [2.75, 3.05) is 5.32 Å². The van der Waals surface area contributed by atoms with E-state index in [1.165, 1.54) is 16.9 Å². The van der Waals surface area contributed by atoms with Gasteiger partial charge < -0.3 is 16.2 Å². The second-order valence-electron chi connectivity index (χ2n) is 6.59. The number of thiophene rings is 1. The highest BCUT2D eigenvalue weighted by Crippen LogP contribution is 2.45. The van der Waals surface area contributed by atoms with Crippen LogP contribution in [0, 0.1) is 5.92 Å². The predicted octanol–water partition coefficient (Wildman–Crippen LogP) is 3.05. The van der Waals surface area contributed by atoms with Gasteiger partial charge in [0.25, 0.3) is 5.91 Å². The first-order chi connectivity index (χ1) is 12.4. The van der Waals surface area contributed by atoms with Crippen molar-refractivity contribution in [2.24, 2.45) is 11.7 Å². The standard InChI is InChI=1S/C19H20N2O4S/c1-10(9-15(23)24)8-14(22)21-19-16(18(20)25)13-7-6-11-4-2-3-5-12(11)17(13)26-19/h2-5,10H,6-9H2,1H3,(H2,20,25)(H,21,22)(H,23,24)/t10-/m1/s1. The van der Waals surface area contributed by atoms with E-state index in [4.69, 9.17) is 10.8 Å². The Morgan fingerprint density at radius 3 is 2.65 bits per heavy atom. The third kappa shape index (κ3) is 3.62. The lowest BCUT2D eigenvalue weighted by Gasteiger charge is -2.16. The summed E-state index contributed by atoms with van der Waals surface area (Å²) in [5.74, 6) is -2.10. The van der Waals surface area contributed by atoms with Crippen LogP contribution in [0.4, 0.5) is 5.00 Å². The van der Waals surface area contributed by atoms with E-state index in [-0.39, 0.29) is 24.7 Å². The Kier molecular flexibility index (Phi) is 5.08. The maximum absolute atomic E-state index is 12.3. The molecule has 136 valence electrons. The van der Waals surface area contributed by atoms with E-state index in [9.17, 15) is 14.4 Å². The van der Waals surface area contributed by atoms with Crippen molar-refractivity contribution in [2.45, 2.75) is 32.6 Å². The van der Waals surface area contributed by atoms with Gasteiger partial charge in [0.1, 0.15) is 5.00 Å². The minimum Gasteiger partial charge on any atom is -0.481 e. The fourth-order valence-electron chi connectivity index (χ4n) is 3.35. The molecular weight excluding hydrogens is 352 g/mol. The Balaban J connectivity index is 1.89. The number of hydrogen-bond donors (Lipinski definition) is 3. The molecule has 7 heteroatoms. The van der Waals surface area contributed by atoms with Gasteiger partial charge in [0.05, 0.1) is 5.56 Å². The first-order valence-electron chi connectivity index (χ1n) is 8.42. The number of nitrogens with one attached hydrogen (secondary N) is 1. The van der Waals surface area contributed by atoms with Gasteiger partial charge in [-0.25, -0.2) is 0 Å². The van der Waals surface area contributed by atoms with Crippen molar-refractivity contribution in [1.82, 2.24) is 0 Å². The molecule has 1 aliphatic rings. The summed E-state index contributed by atoms with van der Waals surface area (Å²) in [6.45, 7) is 1.71. The van der Waals surface area contributed by atoms with Gasteiger partial charge >= 0.3 is 5.97 Å². The Hall–Kier alpha value is -2.67.